The maximum atomic E-state index is 14.5. The number of nitrogens with zero attached hydrogens (tertiary/aromatic N) is 2. The first-order valence-corrected chi connectivity index (χ1v) is 9.47. The summed E-state index contributed by atoms with van der Waals surface area (Å²) in [6.07, 6.45) is -0.551. The molecule has 1 atom stereocenters. The Balaban J connectivity index is 1.40. The fourth-order valence-electron chi connectivity index (χ4n) is 3.39. The second-order valence-electron chi connectivity index (χ2n) is 6.92. The van der Waals surface area contributed by atoms with E-state index >= 15 is 0 Å². The number of hydrogen-bond acceptors (Lipinski definition) is 4. The van der Waals surface area contributed by atoms with E-state index < -0.39 is 6.30 Å². The van der Waals surface area contributed by atoms with Gasteiger partial charge < -0.3 is 4.74 Å². The van der Waals surface area contributed by atoms with Gasteiger partial charge in [-0.05, 0) is 24.1 Å². The third-order valence-electron chi connectivity index (χ3n) is 5.07. The van der Waals surface area contributed by atoms with Crippen molar-refractivity contribution in [2.75, 3.05) is 33.3 Å². The van der Waals surface area contributed by atoms with Gasteiger partial charge in [-0.15, -0.1) is 0 Å². The van der Waals surface area contributed by atoms with Gasteiger partial charge in [0.2, 0.25) is 0 Å². The van der Waals surface area contributed by atoms with Crippen LogP contribution in [0.25, 0.3) is 0 Å². The summed E-state index contributed by atoms with van der Waals surface area (Å²) in [7, 11) is 1.66. The van der Waals surface area contributed by atoms with Crippen molar-refractivity contribution in [1.82, 2.24) is 9.80 Å². The van der Waals surface area contributed by atoms with Crippen LogP contribution in [-0.2, 0) is 6.54 Å². The molecule has 0 amide bonds. The third kappa shape index (κ3) is 5.62. The number of carbonyl (C=O) groups excluding carboxylic acids is 1. The predicted molar refractivity (Wildman–Crippen MR) is 105 cm³/mol. The average Bonchev–Trinajstić information content (AvgIpc) is 2.73. The molecule has 0 aliphatic carbocycles. The quantitative estimate of drug-likeness (QED) is 0.523. The third-order valence-corrected chi connectivity index (χ3v) is 5.07. The number of carbonyl (C=O) groups is 1. The van der Waals surface area contributed by atoms with Gasteiger partial charge in [0.15, 0.2) is 12.1 Å². The van der Waals surface area contributed by atoms with Crippen LogP contribution in [0, 0.1) is 0 Å². The number of benzene rings is 2. The Hall–Kier alpha value is -2.24. The van der Waals surface area contributed by atoms with Crippen molar-refractivity contribution in [3.05, 3.63) is 65.7 Å². The highest BCUT2D eigenvalue weighted by Gasteiger charge is 2.24. The second kappa shape index (κ2) is 9.62. The second-order valence-corrected chi connectivity index (χ2v) is 6.92. The van der Waals surface area contributed by atoms with Gasteiger partial charge in [-0.1, -0.05) is 42.5 Å². The van der Waals surface area contributed by atoms with Gasteiger partial charge in [0.05, 0.1) is 7.11 Å². The molecule has 1 unspecified atom stereocenters. The molecule has 144 valence electrons. The van der Waals surface area contributed by atoms with Crippen LogP contribution in [-0.4, -0.2) is 55.2 Å². The van der Waals surface area contributed by atoms with Gasteiger partial charge >= 0.3 is 0 Å². The van der Waals surface area contributed by atoms with Crippen LogP contribution in [0.5, 0.6) is 5.75 Å². The highest BCUT2D eigenvalue weighted by Crippen LogP contribution is 2.17. The number of Topliss-reactive ketones (excluding diaryl/α,β-unsaturated/α-hetero) is 1. The summed E-state index contributed by atoms with van der Waals surface area (Å²) in [6, 6.07) is 17.2. The topological polar surface area (TPSA) is 32.8 Å². The summed E-state index contributed by atoms with van der Waals surface area (Å²) in [4.78, 5) is 16.3. The molecule has 2 aromatic rings. The van der Waals surface area contributed by atoms with Crippen LogP contribution >= 0.6 is 0 Å². The van der Waals surface area contributed by atoms with E-state index in [1.807, 2.05) is 35.2 Å². The number of hydrogen-bond donors (Lipinski definition) is 0. The Morgan fingerprint density at radius 3 is 2.33 bits per heavy atom. The van der Waals surface area contributed by atoms with Crippen molar-refractivity contribution in [1.29, 1.82) is 0 Å². The SMILES string of the molecule is COc1ccc(CN2CCN(C(F)CCC(=O)c3ccccc3)CC2)cc1. The minimum absolute atomic E-state index is 0.0105. The van der Waals surface area contributed by atoms with Crippen molar-refractivity contribution in [3.8, 4) is 5.75 Å². The van der Waals surface area contributed by atoms with E-state index in [4.69, 9.17) is 4.74 Å². The summed E-state index contributed by atoms with van der Waals surface area (Å²) >= 11 is 0. The van der Waals surface area contributed by atoms with E-state index in [-0.39, 0.29) is 18.6 Å². The number of halogens is 1. The maximum Gasteiger partial charge on any atom is 0.163 e. The number of ketones is 1. The van der Waals surface area contributed by atoms with E-state index in [1.54, 1.807) is 19.2 Å². The van der Waals surface area contributed by atoms with E-state index in [0.29, 0.717) is 18.7 Å². The molecule has 2 aromatic carbocycles. The Morgan fingerprint density at radius 1 is 1.04 bits per heavy atom. The van der Waals surface area contributed by atoms with Crippen molar-refractivity contribution in [2.45, 2.75) is 25.7 Å². The van der Waals surface area contributed by atoms with E-state index in [1.165, 1.54) is 5.56 Å². The van der Waals surface area contributed by atoms with Gasteiger partial charge in [-0.25, -0.2) is 4.39 Å². The summed E-state index contributed by atoms with van der Waals surface area (Å²) in [5.41, 5.74) is 1.89. The lowest BCUT2D eigenvalue weighted by Crippen LogP contribution is -2.48. The lowest BCUT2D eigenvalue weighted by molar-refractivity contribution is 0.0237. The molecule has 3 rings (SSSR count). The Labute approximate surface area is 160 Å². The van der Waals surface area contributed by atoms with E-state index in [0.717, 1.165) is 25.4 Å². The van der Waals surface area contributed by atoms with Crippen molar-refractivity contribution in [3.63, 3.8) is 0 Å². The minimum atomic E-state index is -1.05. The number of piperazine rings is 1. The molecular formula is C22H27FN2O2. The Kier molecular flexibility index (Phi) is 6.96. The van der Waals surface area contributed by atoms with Crippen molar-refractivity contribution < 1.29 is 13.9 Å². The van der Waals surface area contributed by atoms with Gasteiger partial charge in [0, 0.05) is 44.7 Å². The van der Waals surface area contributed by atoms with Crippen LogP contribution in [0.2, 0.25) is 0 Å². The Morgan fingerprint density at radius 2 is 1.70 bits per heavy atom. The normalized spacial score (nSPS) is 16.8. The van der Waals surface area contributed by atoms with Crippen LogP contribution < -0.4 is 4.74 Å². The maximum absolute atomic E-state index is 14.5. The lowest BCUT2D eigenvalue weighted by atomic mass is 10.1. The highest BCUT2D eigenvalue weighted by atomic mass is 19.1. The molecular weight excluding hydrogens is 343 g/mol. The fraction of sp³-hybridized carbons (Fsp3) is 0.409. The molecule has 0 aromatic heterocycles. The molecule has 1 aliphatic rings. The molecule has 5 heteroatoms. The van der Waals surface area contributed by atoms with Crippen LogP contribution in [0.15, 0.2) is 54.6 Å². The molecule has 0 bridgehead atoms. The van der Waals surface area contributed by atoms with Crippen molar-refractivity contribution in [2.24, 2.45) is 0 Å². The monoisotopic (exact) mass is 370 g/mol. The van der Waals surface area contributed by atoms with Crippen LogP contribution in [0.1, 0.15) is 28.8 Å². The molecule has 0 radical (unpaired) electrons. The molecule has 1 heterocycles. The van der Waals surface area contributed by atoms with Crippen LogP contribution in [0.3, 0.4) is 0 Å². The molecule has 27 heavy (non-hydrogen) atoms. The summed E-state index contributed by atoms with van der Waals surface area (Å²) in [5, 5.41) is 0. The molecule has 1 saturated heterocycles. The minimum Gasteiger partial charge on any atom is -0.497 e. The molecule has 1 fully saturated rings. The largest absolute Gasteiger partial charge is 0.497 e. The number of rotatable bonds is 8. The van der Waals surface area contributed by atoms with E-state index in [9.17, 15) is 9.18 Å². The highest BCUT2D eigenvalue weighted by molar-refractivity contribution is 5.95. The van der Waals surface area contributed by atoms with Gasteiger partial charge in [0.25, 0.3) is 0 Å². The van der Waals surface area contributed by atoms with Gasteiger partial charge in [-0.2, -0.15) is 0 Å². The van der Waals surface area contributed by atoms with Gasteiger partial charge in [0.1, 0.15) is 5.75 Å². The standard InChI is InChI=1S/C22H27FN2O2/c1-27-20-9-7-18(8-10-20)17-24-13-15-25(16-14-24)22(23)12-11-21(26)19-5-3-2-4-6-19/h2-10,22H,11-17H2,1H3. The first-order chi connectivity index (χ1) is 13.2. The fourth-order valence-corrected chi connectivity index (χ4v) is 3.39. The first kappa shape index (κ1) is 19.5. The molecule has 0 saturated carbocycles. The van der Waals surface area contributed by atoms with Crippen molar-refractivity contribution >= 4 is 5.78 Å². The number of alkyl halides is 1. The summed E-state index contributed by atoms with van der Waals surface area (Å²) < 4.78 is 19.7. The summed E-state index contributed by atoms with van der Waals surface area (Å²) in [5.74, 6) is 0.866. The first-order valence-electron chi connectivity index (χ1n) is 9.47. The zero-order valence-electron chi connectivity index (χ0n) is 15.8. The summed E-state index contributed by atoms with van der Waals surface area (Å²) in [6.45, 7) is 3.91. The average molecular weight is 370 g/mol. The smallest absolute Gasteiger partial charge is 0.163 e. The number of methoxy groups -OCH3 is 1. The lowest BCUT2D eigenvalue weighted by Gasteiger charge is -2.36. The van der Waals surface area contributed by atoms with Gasteiger partial charge in [-0.3, -0.25) is 14.6 Å². The van der Waals surface area contributed by atoms with E-state index in [2.05, 4.69) is 17.0 Å². The predicted octanol–water partition coefficient (Wildman–Crippen LogP) is 3.77. The zero-order valence-corrected chi connectivity index (χ0v) is 15.8. The zero-order chi connectivity index (χ0) is 19.1. The molecule has 0 spiro atoms. The van der Waals surface area contributed by atoms with Crippen LogP contribution in [0.4, 0.5) is 4.39 Å². The Bertz CT molecular complexity index is 713. The molecule has 4 nitrogen and oxygen atoms in total. The number of ether oxygens (including phenoxy) is 1. The molecule has 1 aliphatic heterocycles. The molecule has 0 N–H and O–H groups in total.